The molecule has 1 aliphatic heterocycles. The molecule has 0 aliphatic carbocycles. The van der Waals surface area contributed by atoms with Crippen LogP contribution in [0.25, 0.3) is 0 Å². The van der Waals surface area contributed by atoms with E-state index in [1.807, 2.05) is 6.07 Å². The van der Waals surface area contributed by atoms with Crippen LogP contribution in [0.2, 0.25) is 0 Å². The molecule has 0 spiro atoms. The topological polar surface area (TPSA) is 25.8 Å². The molecule has 1 aliphatic rings. The van der Waals surface area contributed by atoms with Crippen molar-refractivity contribution in [3.8, 4) is 5.75 Å². The highest BCUT2D eigenvalue weighted by molar-refractivity contribution is 5.30. The molecule has 88 valence electrons. The second kappa shape index (κ2) is 4.33. The molecule has 0 bridgehead atoms. The Bertz CT molecular complexity index is 358. The molecule has 1 atom stereocenters. The first-order chi connectivity index (χ1) is 7.54. The third-order valence-electron chi connectivity index (χ3n) is 2.69. The van der Waals surface area contributed by atoms with Crippen LogP contribution in [-0.2, 0) is 0 Å². The molecule has 0 unspecified atom stereocenters. The van der Waals surface area contributed by atoms with Crippen LogP contribution in [0.15, 0.2) is 24.3 Å². The normalized spacial score (nSPS) is 21.1. The number of ether oxygens (including phenoxy) is 1. The molecular formula is C11H13F3NO+. The standard InChI is InChI=1S/C11H12F3NO/c12-11(13,14)16-9-4-1-3-8(7-9)10-5-2-6-15-10/h1,3-4,7,10,15H,2,5-6H2/p+1/t10-/m0/s1. The van der Waals surface area contributed by atoms with Crippen LogP contribution in [0.3, 0.4) is 0 Å². The maximum Gasteiger partial charge on any atom is 0.573 e. The molecule has 1 aromatic rings. The molecule has 16 heavy (non-hydrogen) atoms. The van der Waals surface area contributed by atoms with E-state index in [4.69, 9.17) is 0 Å². The zero-order valence-electron chi connectivity index (χ0n) is 8.63. The van der Waals surface area contributed by atoms with Gasteiger partial charge in [0.2, 0.25) is 0 Å². The van der Waals surface area contributed by atoms with Crippen LogP contribution in [0.5, 0.6) is 5.75 Å². The number of hydrogen-bond acceptors (Lipinski definition) is 1. The Morgan fingerprint density at radius 1 is 1.31 bits per heavy atom. The van der Waals surface area contributed by atoms with Gasteiger partial charge in [-0.2, -0.15) is 0 Å². The fraction of sp³-hybridized carbons (Fsp3) is 0.455. The third kappa shape index (κ3) is 2.88. The summed E-state index contributed by atoms with van der Waals surface area (Å²) in [7, 11) is 0. The predicted molar refractivity (Wildman–Crippen MR) is 51.9 cm³/mol. The van der Waals surface area contributed by atoms with E-state index in [2.05, 4.69) is 10.1 Å². The lowest BCUT2D eigenvalue weighted by atomic mass is 10.1. The molecule has 0 aromatic heterocycles. The fourth-order valence-electron chi connectivity index (χ4n) is 2.02. The quantitative estimate of drug-likeness (QED) is 0.829. The lowest BCUT2D eigenvalue weighted by molar-refractivity contribution is -0.676. The fourth-order valence-corrected chi connectivity index (χ4v) is 2.02. The summed E-state index contributed by atoms with van der Waals surface area (Å²) in [6.07, 6.45) is -2.50. The Kier molecular flexibility index (Phi) is 3.05. The molecule has 0 radical (unpaired) electrons. The highest BCUT2D eigenvalue weighted by atomic mass is 19.4. The van der Waals surface area contributed by atoms with Crippen molar-refractivity contribution in [2.75, 3.05) is 6.54 Å². The van der Waals surface area contributed by atoms with E-state index >= 15 is 0 Å². The van der Waals surface area contributed by atoms with Crippen molar-refractivity contribution in [1.29, 1.82) is 0 Å². The van der Waals surface area contributed by atoms with Gasteiger partial charge in [0.05, 0.1) is 6.54 Å². The number of rotatable bonds is 2. The van der Waals surface area contributed by atoms with Gasteiger partial charge >= 0.3 is 6.36 Å². The molecule has 1 heterocycles. The highest BCUT2D eigenvalue weighted by Crippen LogP contribution is 2.26. The number of hydrogen-bond donors (Lipinski definition) is 1. The van der Waals surface area contributed by atoms with Gasteiger partial charge in [0.25, 0.3) is 0 Å². The number of halogens is 3. The Balaban J connectivity index is 2.12. The van der Waals surface area contributed by atoms with Crippen molar-refractivity contribution in [1.82, 2.24) is 0 Å². The summed E-state index contributed by atoms with van der Waals surface area (Å²) in [6, 6.07) is 6.52. The summed E-state index contributed by atoms with van der Waals surface area (Å²) in [4.78, 5) is 0. The Hall–Kier alpha value is -1.23. The largest absolute Gasteiger partial charge is 0.573 e. The second-order valence-corrected chi connectivity index (χ2v) is 3.89. The van der Waals surface area contributed by atoms with Crippen molar-refractivity contribution in [2.24, 2.45) is 0 Å². The van der Waals surface area contributed by atoms with Gasteiger partial charge in [0, 0.05) is 18.4 Å². The molecule has 1 saturated heterocycles. The van der Waals surface area contributed by atoms with E-state index < -0.39 is 6.36 Å². The van der Waals surface area contributed by atoms with E-state index in [0.29, 0.717) is 0 Å². The molecule has 0 saturated carbocycles. The third-order valence-corrected chi connectivity index (χ3v) is 2.69. The first kappa shape index (κ1) is 11.3. The van der Waals surface area contributed by atoms with Crippen molar-refractivity contribution in [3.63, 3.8) is 0 Å². The van der Waals surface area contributed by atoms with Gasteiger partial charge in [-0.3, -0.25) is 0 Å². The summed E-state index contributed by atoms with van der Waals surface area (Å²) in [5, 5.41) is 2.15. The lowest BCUT2D eigenvalue weighted by Crippen LogP contribution is -2.81. The lowest BCUT2D eigenvalue weighted by Gasteiger charge is -2.11. The van der Waals surface area contributed by atoms with Gasteiger partial charge < -0.3 is 10.1 Å². The monoisotopic (exact) mass is 232 g/mol. The first-order valence-electron chi connectivity index (χ1n) is 5.24. The number of benzene rings is 1. The van der Waals surface area contributed by atoms with Crippen LogP contribution in [-0.4, -0.2) is 12.9 Å². The smallest absolute Gasteiger partial charge is 0.406 e. The van der Waals surface area contributed by atoms with Crippen LogP contribution >= 0.6 is 0 Å². The number of nitrogens with two attached hydrogens (primary N) is 1. The predicted octanol–water partition coefficient (Wildman–Crippen LogP) is 1.98. The zero-order chi connectivity index (χ0) is 11.6. The van der Waals surface area contributed by atoms with Gasteiger partial charge in [-0.25, -0.2) is 0 Å². The molecule has 2 N–H and O–H groups in total. The zero-order valence-corrected chi connectivity index (χ0v) is 8.63. The number of alkyl halides is 3. The van der Waals surface area contributed by atoms with Gasteiger partial charge in [0.15, 0.2) is 0 Å². The van der Waals surface area contributed by atoms with Crippen LogP contribution in [0.1, 0.15) is 24.4 Å². The summed E-state index contributed by atoms with van der Waals surface area (Å²) in [6.45, 7) is 1.04. The molecule has 1 aromatic carbocycles. The van der Waals surface area contributed by atoms with Gasteiger partial charge in [-0.1, -0.05) is 12.1 Å². The highest BCUT2D eigenvalue weighted by Gasteiger charge is 2.31. The molecule has 2 nitrogen and oxygen atoms in total. The first-order valence-corrected chi connectivity index (χ1v) is 5.24. The minimum atomic E-state index is -4.61. The van der Waals surface area contributed by atoms with Crippen molar-refractivity contribution in [3.05, 3.63) is 29.8 Å². The van der Waals surface area contributed by atoms with Gasteiger partial charge in [0.1, 0.15) is 11.8 Å². The Morgan fingerprint density at radius 2 is 2.12 bits per heavy atom. The van der Waals surface area contributed by atoms with Crippen LogP contribution in [0.4, 0.5) is 13.2 Å². The average molecular weight is 232 g/mol. The molecule has 0 amide bonds. The molecule has 1 fully saturated rings. The van der Waals surface area contributed by atoms with Gasteiger partial charge in [-0.15, -0.1) is 13.2 Å². The minimum Gasteiger partial charge on any atom is -0.406 e. The summed E-state index contributed by atoms with van der Waals surface area (Å²) >= 11 is 0. The Morgan fingerprint density at radius 3 is 2.75 bits per heavy atom. The Labute approximate surface area is 91.4 Å². The van der Waals surface area contributed by atoms with E-state index in [9.17, 15) is 13.2 Å². The summed E-state index contributed by atoms with van der Waals surface area (Å²) in [5.74, 6) is -0.134. The maximum atomic E-state index is 12.0. The van der Waals surface area contributed by atoms with Crippen molar-refractivity contribution >= 4 is 0 Å². The van der Waals surface area contributed by atoms with Crippen molar-refractivity contribution < 1.29 is 23.2 Å². The van der Waals surface area contributed by atoms with Crippen LogP contribution in [0, 0.1) is 0 Å². The molecule has 2 rings (SSSR count). The minimum absolute atomic E-state index is 0.134. The van der Waals surface area contributed by atoms with E-state index in [0.717, 1.165) is 24.9 Å². The molecule has 5 heteroatoms. The summed E-state index contributed by atoms with van der Waals surface area (Å²) < 4.78 is 39.9. The SMILES string of the molecule is FC(F)(F)Oc1cccc([C@@H]2CCC[NH2+]2)c1. The van der Waals surface area contributed by atoms with Gasteiger partial charge in [-0.05, 0) is 12.1 Å². The van der Waals surface area contributed by atoms with Crippen molar-refractivity contribution in [2.45, 2.75) is 25.2 Å². The van der Waals surface area contributed by atoms with E-state index in [1.165, 1.54) is 12.1 Å². The van der Waals surface area contributed by atoms with E-state index in [-0.39, 0.29) is 11.8 Å². The second-order valence-electron chi connectivity index (χ2n) is 3.89. The average Bonchev–Trinajstić information content (AvgIpc) is 2.68. The van der Waals surface area contributed by atoms with Crippen LogP contribution < -0.4 is 10.1 Å². The van der Waals surface area contributed by atoms with E-state index in [1.54, 1.807) is 6.07 Å². The molecular weight excluding hydrogens is 219 g/mol. The summed E-state index contributed by atoms with van der Waals surface area (Å²) in [5.41, 5.74) is 0.902. The maximum absolute atomic E-state index is 12.0. The number of quaternary nitrogens is 1.